The molecule has 1 aromatic rings. The Labute approximate surface area is 111 Å². The van der Waals surface area contributed by atoms with E-state index in [2.05, 4.69) is 4.98 Å². The Morgan fingerprint density at radius 1 is 1.26 bits per heavy atom. The van der Waals surface area contributed by atoms with Crippen molar-refractivity contribution >= 4 is 5.78 Å². The molecule has 1 unspecified atom stereocenters. The Morgan fingerprint density at radius 3 is 2.74 bits per heavy atom. The molecular weight excluding hydrogens is 248 g/mol. The van der Waals surface area contributed by atoms with Gasteiger partial charge in [0.05, 0.1) is 11.6 Å². The highest BCUT2D eigenvalue weighted by molar-refractivity contribution is 5.88. The molecule has 0 amide bonds. The lowest BCUT2D eigenvalue weighted by Gasteiger charge is -2.28. The number of aromatic nitrogens is 1. The van der Waals surface area contributed by atoms with E-state index in [9.17, 15) is 13.6 Å². The lowest BCUT2D eigenvalue weighted by molar-refractivity contribution is -0.128. The molecule has 0 N–H and O–H groups in total. The number of rotatable bonds is 2. The van der Waals surface area contributed by atoms with Crippen LogP contribution in [0.3, 0.4) is 0 Å². The first-order chi connectivity index (χ1) is 9.07. The highest BCUT2D eigenvalue weighted by Crippen LogP contribution is 2.41. The van der Waals surface area contributed by atoms with Gasteiger partial charge in [-0.1, -0.05) is 6.07 Å². The van der Waals surface area contributed by atoms with Crippen molar-refractivity contribution in [1.82, 2.24) is 4.98 Å². The molecule has 3 rings (SSSR count). The van der Waals surface area contributed by atoms with Crippen molar-refractivity contribution in [1.29, 1.82) is 0 Å². The van der Waals surface area contributed by atoms with Crippen molar-refractivity contribution in [3.05, 3.63) is 29.6 Å². The molecule has 0 bridgehead atoms. The summed E-state index contributed by atoms with van der Waals surface area (Å²) in [4.78, 5) is 16.8. The largest absolute Gasteiger partial charge is 0.299 e. The zero-order valence-electron chi connectivity index (χ0n) is 10.7. The molecule has 2 aliphatic rings. The van der Waals surface area contributed by atoms with Gasteiger partial charge in [0, 0.05) is 25.0 Å². The minimum absolute atomic E-state index is 0.132. The lowest BCUT2D eigenvalue weighted by Crippen LogP contribution is -2.31. The third-order valence-corrected chi connectivity index (χ3v) is 4.42. The average molecular weight is 265 g/mol. The van der Waals surface area contributed by atoms with Crippen LogP contribution in [-0.2, 0) is 11.2 Å². The number of pyridine rings is 1. The number of hydrogen-bond donors (Lipinski definition) is 0. The normalized spacial score (nSPS) is 26.1. The summed E-state index contributed by atoms with van der Waals surface area (Å²) in [6.07, 6.45) is 3.73. The van der Waals surface area contributed by atoms with E-state index in [-0.39, 0.29) is 30.5 Å². The fourth-order valence-corrected chi connectivity index (χ4v) is 3.30. The van der Waals surface area contributed by atoms with Crippen LogP contribution in [0.1, 0.15) is 49.3 Å². The first kappa shape index (κ1) is 12.7. The van der Waals surface area contributed by atoms with Crippen molar-refractivity contribution in [2.45, 2.75) is 50.4 Å². The quantitative estimate of drug-likeness (QED) is 0.819. The summed E-state index contributed by atoms with van der Waals surface area (Å²) in [5, 5.41) is 0. The summed E-state index contributed by atoms with van der Waals surface area (Å²) in [6.45, 7) is 0. The number of halogens is 2. The van der Waals surface area contributed by atoms with E-state index in [0.717, 1.165) is 24.1 Å². The molecule has 1 aromatic heterocycles. The number of Topliss-reactive ketones (excluding diaryl/α,β-unsaturated/α-hetero) is 1. The van der Waals surface area contributed by atoms with Gasteiger partial charge in [-0.3, -0.25) is 9.78 Å². The molecule has 0 aliphatic heterocycles. The maximum absolute atomic E-state index is 13.1. The van der Waals surface area contributed by atoms with Crippen molar-refractivity contribution in [2.75, 3.05) is 0 Å². The third kappa shape index (κ3) is 2.40. The minimum atomic E-state index is -2.57. The molecule has 0 saturated heterocycles. The standard InChI is InChI=1S/C15H17F2NO/c16-15(17)7-5-11(6-8-15)14(19)12-4-3-10-2-1-9-18-13(10)12/h1-2,9,11-12H,3-8H2. The molecule has 2 aliphatic carbocycles. The van der Waals surface area contributed by atoms with Crippen LogP contribution >= 0.6 is 0 Å². The molecule has 1 heterocycles. The van der Waals surface area contributed by atoms with Crippen LogP contribution in [0.2, 0.25) is 0 Å². The number of carbonyl (C=O) groups is 1. The molecule has 1 atom stereocenters. The number of ketones is 1. The van der Waals surface area contributed by atoms with Crippen LogP contribution in [0.15, 0.2) is 18.3 Å². The smallest absolute Gasteiger partial charge is 0.248 e. The van der Waals surface area contributed by atoms with Gasteiger partial charge in [-0.05, 0) is 37.3 Å². The van der Waals surface area contributed by atoms with Gasteiger partial charge in [-0.25, -0.2) is 8.78 Å². The van der Waals surface area contributed by atoms with Crippen molar-refractivity contribution in [2.24, 2.45) is 5.92 Å². The molecular formula is C15H17F2NO. The molecule has 4 heteroatoms. The first-order valence-corrected chi connectivity index (χ1v) is 6.92. The van der Waals surface area contributed by atoms with E-state index in [1.165, 1.54) is 0 Å². The second-order valence-corrected chi connectivity index (χ2v) is 5.67. The Bertz CT molecular complexity index is 491. The zero-order valence-corrected chi connectivity index (χ0v) is 10.7. The van der Waals surface area contributed by atoms with Crippen LogP contribution in [0.5, 0.6) is 0 Å². The highest BCUT2D eigenvalue weighted by atomic mass is 19.3. The second-order valence-electron chi connectivity index (χ2n) is 5.67. The summed E-state index contributed by atoms with van der Waals surface area (Å²) in [7, 11) is 0. The molecule has 102 valence electrons. The number of aryl methyl sites for hydroxylation is 1. The molecule has 1 fully saturated rings. The zero-order chi connectivity index (χ0) is 13.5. The van der Waals surface area contributed by atoms with Crippen LogP contribution in [0.25, 0.3) is 0 Å². The van der Waals surface area contributed by atoms with Gasteiger partial charge in [0.25, 0.3) is 0 Å². The van der Waals surface area contributed by atoms with Crippen LogP contribution in [0, 0.1) is 5.92 Å². The summed E-state index contributed by atoms with van der Waals surface area (Å²) < 4.78 is 26.3. The van der Waals surface area contributed by atoms with Gasteiger partial charge in [-0.15, -0.1) is 0 Å². The van der Waals surface area contributed by atoms with Gasteiger partial charge >= 0.3 is 0 Å². The molecule has 1 saturated carbocycles. The number of nitrogens with zero attached hydrogens (tertiary/aromatic N) is 1. The molecule has 19 heavy (non-hydrogen) atoms. The third-order valence-electron chi connectivity index (χ3n) is 4.42. The van der Waals surface area contributed by atoms with E-state index in [1.807, 2.05) is 12.1 Å². The summed E-state index contributed by atoms with van der Waals surface area (Å²) in [5.74, 6) is -2.79. The van der Waals surface area contributed by atoms with Gasteiger partial charge in [-0.2, -0.15) is 0 Å². The van der Waals surface area contributed by atoms with Gasteiger partial charge in [0.2, 0.25) is 5.92 Å². The molecule has 0 aromatic carbocycles. The maximum Gasteiger partial charge on any atom is 0.248 e. The first-order valence-electron chi connectivity index (χ1n) is 6.92. The van der Waals surface area contributed by atoms with Crippen molar-refractivity contribution in [3.8, 4) is 0 Å². The van der Waals surface area contributed by atoms with Gasteiger partial charge < -0.3 is 0 Å². The Kier molecular flexibility index (Phi) is 3.11. The molecule has 0 spiro atoms. The fraction of sp³-hybridized carbons (Fsp3) is 0.600. The lowest BCUT2D eigenvalue weighted by atomic mass is 9.79. The Hall–Kier alpha value is -1.32. The van der Waals surface area contributed by atoms with Crippen molar-refractivity contribution < 1.29 is 13.6 Å². The monoisotopic (exact) mass is 265 g/mol. The highest BCUT2D eigenvalue weighted by Gasteiger charge is 2.40. The number of alkyl halides is 2. The van der Waals surface area contributed by atoms with Crippen molar-refractivity contribution in [3.63, 3.8) is 0 Å². The number of fused-ring (bicyclic) bond motifs is 1. The topological polar surface area (TPSA) is 30.0 Å². The van der Waals surface area contributed by atoms with Gasteiger partial charge in [0.15, 0.2) is 0 Å². The van der Waals surface area contributed by atoms with E-state index in [0.29, 0.717) is 12.8 Å². The van der Waals surface area contributed by atoms with Gasteiger partial charge in [0.1, 0.15) is 5.78 Å². The summed E-state index contributed by atoms with van der Waals surface area (Å²) in [5.41, 5.74) is 2.02. The minimum Gasteiger partial charge on any atom is -0.299 e. The van der Waals surface area contributed by atoms with Crippen LogP contribution in [0.4, 0.5) is 8.78 Å². The summed E-state index contributed by atoms with van der Waals surface area (Å²) >= 11 is 0. The predicted molar refractivity (Wildman–Crippen MR) is 67.2 cm³/mol. The van der Waals surface area contributed by atoms with E-state index in [4.69, 9.17) is 0 Å². The average Bonchev–Trinajstić information content (AvgIpc) is 2.82. The van der Waals surface area contributed by atoms with E-state index >= 15 is 0 Å². The molecule has 2 nitrogen and oxygen atoms in total. The second kappa shape index (κ2) is 4.66. The molecule has 0 radical (unpaired) electrons. The van der Waals surface area contributed by atoms with Crippen LogP contribution in [-0.4, -0.2) is 16.7 Å². The Balaban J connectivity index is 1.73. The SMILES string of the molecule is O=C(C1CCC(F)(F)CC1)C1CCc2cccnc21. The Morgan fingerprint density at radius 2 is 2.00 bits per heavy atom. The summed E-state index contributed by atoms with van der Waals surface area (Å²) in [6, 6.07) is 3.89. The van der Waals surface area contributed by atoms with Crippen LogP contribution < -0.4 is 0 Å². The van der Waals surface area contributed by atoms with E-state index in [1.54, 1.807) is 6.20 Å². The number of hydrogen-bond acceptors (Lipinski definition) is 2. The van der Waals surface area contributed by atoms with E-state index < -0.39 is 5.92 Å². The number of carbonyl (C=O) groups excluding carboxylic acids is 1. The predicted octanol–water partition coefficient (Wildman–Crippen LogP) is 3.51. The fourth-order valence-electron chi connectivity index (χ4n) is 3.30. The maximum atomic E-state index is 13.1.